The molecule has 1 heteroatoms. The molecule has 1 aliphatic carbocycles. The molecule has 67 valence electrons. The Bertz CT molecular complexity index is 565. The molecule has 0 spiro atoms. The lowest BCUT2D eigenvalue weighted by Crippen LogP contribution is -1.83. The van der Waals surface area contributed by atoms with Crippen LogP contribution in [0.1, 0.15) is 11.1 Å². The number of hydrogen-bond acceptors (Lipinski definition) is 0. The zero-order chi connectivity index (χ0) is 9.71. The first-order valence-corrected chi connectivity index (χ1v) is 4.52. The minimum absolute atomic E-state index is 0.163. The quantitative estimate of drug-likeness (QED) is 0.584. The van der Waals surface area contributed by atoms with Crippen molar-refractivity contribution >= 4 is 22.4 Å². The van der Waals surface area contributed by atoms with Crippen LogP contribution in [0.15, 0.2) is 30.3 Å². The molecule has 0 amide bonds. The minimum atomic E-state index is -0.163. The van der Waals surface area contributed by atoms with Gasteiger partial charge in [-0.05, 0) is 41.0 Å². The Balaban J connectivity index is 2.59. The molecule has 0 unspecified atom stereocenters. The molecule has 0 saturated carbocycles. The van der Waals surface area contributed by atoms with Gasteiger partial charge in [-0.25, -0.2) is 4.39 Å². The number of allylic oxidation sites excluding steroid dienone is 1. The highest BCUT2D eigenvalue weighted by molar-refractivity contribution is 6.10. The van der Waals surface area contributed by atoms with Gasteiger partial charge in [0.05, 0.1) is 0 Å². The monoisotopic (exact) mass is 183 g/mol. The van der Waals surface area contributed by atoms with E-state index >= 15 is 0 Å². The van der Waals surface area contributed by atoms with Crippen LogP contribution in [0.2, 0.25) is 0 Å². The second-order valence-electron chi connectivity index (χ2n) is 3.53. The summed E-state index contributed by atoms with van der Waals surface area (Å²) in [7, 11) is 0. The summed E-state index contributed by atoms with van der Waals surface area (Å²) in [6.45, 7) is 3.91. The van der Waals surface area contributed by atoms with Gasteiger partial charge in [0.1, 0.15) is 5.82 Å². The van der Waals surface area contributed by atoms with Gasteiger partial charge < -0.3 is 0 Å². The lowest BCUT2D eigenvalue weighted by atomic mass is 10.0. The minimum Gasteiger partial charge on any atom is -0.206 e. The van der Waals surface area contributed by atoms with Crippen molar-refractivity contribution in [2.45, 2.75) is 0 Å². The number of hydrogen-bond donors (Lipinski definition) is 0. The van der Waals surface area contributed by atoms with Crippen molar-refractivity contribution in [3.05, 3.63) is 54.2 Å². The van der Waals surface area contributed by atoms with Gasteiger partial charge in [0.2, 0.25) is 0 Å². The second-order valence-corrected chi connectivity index (χ2v) is 3.53. The maximum absolute atomic E-state index is 13.5. The number of rotatable bonds is 0. The van der Waals surface area contributed by atoms with E-state index in [0.717, 1.165) is 21.9 Å². The van der Waals surface area contributed by atoms with E-state index in [2.05, 4.69) is 6.92 Å². The van der Waals surface area contributed by atoms with Crippen LogP contribution in [-0.2, 0) is 0 Å². The van der Waals surface area contributed by atoms with Crippen LogP contribution < -0.4 is 0 Å². The van der Waals surface area contributed by atoms with E-state index in [9.17, 15) is 4.39 Å². The van der Waals surface area contributed by atoms with E-state index in [0.29, 0.717) is 5.56 Å². The summed E-state index contributed by atoms with van der Waals surface area (Å²) in [6, 6.07) is 9.27. The van der Waals surface area contributed by atoms with Crippen molar-refractivity contribution in [1.82, 2.24) is 0 Å². The fourth-order valence-corrected chi connectivity index (χ4v) is 2.04. The molecule has 1 radical (unpaired) electrons. The van der Waals surface area contributed by atoms with E-state index in [-0.39, 0.29) is 5.82 Å². The van der Waals surface area contributed by atoms with Gasteiger partial charge in [0, 0.05) is 5.56 Å². The molecule has 2 aromatic rings. The van der Waals surface area contributed by atoms with Gasteiger partial charge in [-0.2, -0.15) is 0 Å². The average Bonchev–Trinajstić information content (AvgIpc) is 2.53. The molecule has 0 nitrogen and oxygen atoms in total. The van der Waals surface area contributed by atoms with E-state index in [1.54, 1.807) is 0 Å². The number of halogens is 1. The van der Waals surface area contributed by atoms with Gasteiger partial charge >= 0.3 is 0 Å². The van der Waals surface area contributed by atoms with Crippen LogP contribution in [0.5, 0.6) is 0 Å². The SMILES string of the molecule is [CH2]C1=Cc2c(F)ccc3cccc1c23. The Hall–Kier alpha value is -1.63. The predicted octanol–water partition coefficient (Wildman–Crippen LogP) is 3.67. The highest BCUT2D eigenvalue weighted by atomic mass is 19.1. The third-order valence-electron chi connectivity index (χ3n) is 2.70. The van der Waals surface area contributed by atoms with E-state index < -0.39 is 0 Å². The molecule has 14 heavy (non-hydrogen) atoms. The van der Waals surface area contributed by atoms with E-state index in [4.69, 9.17) is 0 Å². The first-order valence-electron chi connectivity index (χ1n) is 4.52. The first-order chi connectivity index (χ1) is 6.77. The first kappa shape index (κ1) is 7.74. The lowest BCUT2D eigenvalue weighted by molar-refractivity contribution is 0.627. The third-order valence-corrected chi connectivity index (χ3v) is 2.70. The maximum atomic E-state index is 13.5. The van der Waals surface area contributed by atoms with Crippen molar-refractivity contribution < 1.29 is 4.39 Å². The zero-order valence-electron chi connectivity index (χ0n) is 7.55. The van der Waals surface area contributed by atoms with E-state index in [1.165, 1.54) is 6.07 Å². The molecule has 0 N–H and O–H groups in total. The molecule has 0 aromatic heterocycles. The highest BCUT2D eigenvalue weighted by Crippen LogP contribution is 2.37. The summed E-state index contributed by atoms with van der Waals surface area (Å²) < 4.78 is 13.5. The van der Waals surface area contributed by atoms with Crippen LogP contribution in [0.3, 0.4) is 0 Å². The summed E-state index contributed by atoms with van der Waals surface area (Å²) in [6.07, 6.45) is 1.81. The smallest absolute Gasteiger partial charge is 0.131 e. The van der Waals surface area contributed by atoms with Crippen LogP contribution in [0.25, 0.3) is 22.4 Å². The maximum Gasteiger partial charge on any atom is 0.131 e. The Labute approximate surface area is 81.7 Å². The summed E-state index contributed by atoms with van der Waals surface area (Å²) >= 11 is 0. The van der Waals surface area contributed by atoms with Crippen LogP contribution in [0, 0.1) is 12.7 Å². The zero-order valence-corrected chi connectivity index (χ0v) is 7.55. The van der Waals surface area contributed by atoms with Crippen LogP contribution in [0.4, 0.5) is 4.39 Å². The number of benzene rings is 2. The molecule has 0 saturated heterocycles. The Kier molecular flexibility index (Phi) is 1.35. The normalized spacial score (nSPS) is 13.4. The lowest BCUT2D eigenvalue weighted by Gasteiger charge is -2.02. The van der Waals surface area contributed by atoms with Gasteiger partial charge in [0.25, 0.3) is 0 Å². The highest BCUT2D eigenvalue weighted by Gasteiger charge is 2.16. The standard InChI is InChI=1S/C13H8F/c1-8-7-11-12(14)6-5-9-3-2-4-10(8)13(9)11/h2-7H,1H2. The molecule has 0 bridgehead atoms. The third kappa shape index (κ3) is 0.818. The van der Waals surface area contributed by atoms with Crippen molar-refractivity contribution in [1.29, 1.82) is 0 Å². The van der Waals surface area contributed by atoms with E-state index in [1.807, 2.05) is 30.3 Å². The molecule has 3 rings (SSSR count). The summed E-state index contributed by atoms with van der Waals surface area (Å²) in [5.74, 6) is -0.163. The molecule has 0 aliphatic heterocycles. The van der Waals surface area contributed by atoms with Crippen molar-refractivity contribution in [3.63, 3.8) is 0 Å². The fraction of sp³-hybridized carbons (Fsp3) is 0. The molecule has 2 aromatic carbocycles. The molecular weight excluding hydrogens is 175 g/mol. The van der Waals surface area contributed by atoms with Gasteiger partial charge in [-0.1, -0.05) is 24.3 Å². The average molecular weight is 183 g/mol. The van der Waals surface area contributed by atoms with Gasteiger partial charge in [-0.15, -0.1) is 0 Å². The largest absolute Gasteiger partial charge is 0.206 e. The second kappa shape index (κ2) is 2.44. The van der Waals surface area contributed by atoms with Gasteiger partial charge in [0.15, 0.2) is 0 Å². The van der Waals surface area contributed by atoms with Crippen LogP contribution in [-0.4, -0.2) is 0 Å². The molecular formula is C13H8F. The van der Waals surface area contributed by atoms with Crippen molar-refractivity contribution in [2.75, 3.05) is 0 Å². The van der Waals surface area contributed by atoms with Crippen LogP contribution >= 0.6 is 0 Å². The summed E-state index contributed by atoms with van der Waals surface area (Å²) in [5.41, 5.74) is 2.64. The molecule has 1 aliphatic rings. The van der Waals surface area contributed by atoms with Gasteiger partial charge in [-0.3, -0.25) is 0 Å². The fourth-order valence-electron chi connectivity index (χ4n) is 2.04. The molecule has 0 fully saturated rings. The molecule has 0 heterocycles. The molecule has 0 atom stereocenters. The predicted molar refractivity (Wildman–Crippen MR) is 57.1 cm³/mol. The Morgan fingerprint density at radius 1 is 1.07 bits per heavy atom. The Morgan fingerprint density at radius 2 is 1.93 bits per heavy atom. The van der Waals surface area contributed by atoms with Crippen molar-refractivity contribution in [3.8, 4) is 0 Å². The van der Waals surface area contributed by atoms with Crippen molar-refractivity contribution in [2.24, 2.45) is 0 Å². The topological polar surface area (TPSA) is 0 Å². The Morgan fingerprint density at radius 3 is 2.79 bits per heavy atom. The summed E-state index contributed by atoms with van der Waals surface area (Å²) in [4.78, 5) is 0. The summed E-state index contributed by atoms with van der Waals surface area (Å²) in [5, 5.41) is 2.08.